The van der Waals surface area contributed by atoms with E-state index in [2.05, 4.69) is 15.9 Å². The van der Waals surface area contributed by atoms with Gasteiger partial charge >= 0.3 is 5.97 Å². The van der Waals surface area contributed by atoms with Gasteiger partial charge in [-0.15, -0.1) is 0 Å². The third-order valence-corrected chi connectivity index (χ3v) is 2.60. The molecule has 0 saturated heterocycles. The van der Waals surface area contributed by atoms with Crippen LogP contribution in [0.1, 0.15) is 25.7 Å². The number of carbonyl (C=O) groups is 1. The molecule has 1 aromatic carbocycles. The summed E-state index contributed by atoms with van der Waals surface area (Å²) in [5.41, 5.74) is 0. The van der Waals surface area contributed by atoms with Gasteiger partial charge in [0.2, 0.25) is 0 Å². The molecule has 0 bridgehead atoms. The highest BCUT2D eigenvalue weighted by Crippen LogP contribution is 2.20. The van der Waals surface area contributed by atoms with Gasteiger partial charge in [-0.05, 0) is 31.4 Å². The number of ether oxygens (including phenoxy) is 1. The zero-order chi connectivity index (χ0) is 12.7. The summed E-state index contributed by atoms with van der Waals surface area (Å²) in [6, 6.07) is 4.38. The smallest absolute Gasteiger partial charge is 0.303 e. The molecule has 1 aromatic rings. The fourth-order valence-corrected chi connectivity index (χ4v) is 1.80. The van der Waals surface area contributed by atoms with Crippen LogP contribution in [-0.2, 0) is 4.79 Å². The van der Waals surface area contributed by atoms with Gasteiger partial charge in [0.15, 0.2) is 0 Å². The molecular formula is C12H14BrFO3. The molecule has 0 unspecified atom stereocenters. The number of hydrogen-bond acceptors (Lipinski definition) is 2. The average Bonchev–Trinajstić information content (AvgIpc) is 2.21. The summed E-state index contributed by atoms with van der Waals surface area (Å²) in [4.78, 5) is 10.3. The van der Waals surface area contributed by atoms with Gasteiger partial charge in [-0.2, -0.15) is 0 Å². The number of benzene rings is 1. The first-order chi connectivity index (χ1) is 8.08. The summed E-state index contributed by atoms with van der Waals surface area (Å²) in [6.07, 6.45) is 2.39. The Hall–Kier alpha value is -1.10. The SMILES string of the molecule is O=C(O)CCCCCOc1cc(F)cc(Br)c1. The largest absolute Gasteiger partial charge is 0.493 e. The highest BCUT2D eigenvalue weighted by atomic mass is 79.9. The molecule has 0 spiro atoms. The van der Waals surface area contributed by atoms with Gasteiger partial charge in [-0.1, -0.05) is 15.9 Å². The van der Waals surface area contributed by atoms with Crippen molar-refractivity contribution in [2.75, 3.05) is 6.61 Å². The minimum Gasteiger partial charge on any atom is -0.493 e. The zero-order valence-corrected chi connectivity index (χ0v) is 10.9. The highest BCUT2D eigenvalue weighted by molar-refractivity contribution is 9.10. The van der Waals surface area contributed by atoms with Crippen molar-refractivity contribution in [2.45, 2.75) is 25.7 Å². The maximum absolute atomic E-state index is 13.0. The Morgan fingerprint density at radius 1 is 1.29 bits per heavy atom. The Balaban J connectivity index is 2.20. The van der Waals surface area contributed by atoms with Gasteiger partial charge in [0, 0.05) is 17.0 Å². The number of unbranched alkanes of at least 4 members (excludes halogenated alkanes) is 2. The molecule has 0 heterocycles. The molecule has 0 atom stereocenters. The Bertz CT molecular complexity index is 362. The van der Waals surface area contributed by atoms with Crippen LogP contribution in [0.4, 0.5) is 4.39 Å². The van der Waals surface area contributed by atoms with Crippen molar-refractivity contribution < 1.29 is 19.0 Å². The molecule has 0 saturated carbocycles. The predicted molar refractivity (Wildman–Crippen MR) is 65.7 cm³/mol. The Morgan fingerprint density at radius 2 is 2.06 bits per heavy atom. The van der Waals surface area contributed by atoms with Crippen LogP contribution in [0.25, 0.3) is 0 Å². The molecule has 0 amide bonds. The van der Waals surface area contributed by atoms with Gasteiger partial charge in [0.1, 0.15) is 11.6 Å². The van der Waals surface area contributed by atoms with Crippen LogP contribution in [0.15, 0.2) is 22.7 Å². The van der Waals surface area contributed by atoms with E-state index in [1.165, 1.54) is 12.1 Å². The van der Waals surface area contributed by atoms with Crippen molar-refractivity contribution in [2.24, 2.45) is 0 Å². The lowest BCUT2D eigenvalue weighted by molar-refractivity contribution is -0.137. The predicted octanol–water partition coefficient (Wildman–Crippen LogP) is 3.61. The third kappa shape index (κ3) is 6.26. The standard InChI is InChI=1S/C12H14BrFO3/c13-9-6-10(14)8-11(7-9)17-5-3-1-2-4-12(15)16/h6-8H,1-5H2,(H,15,16). The number of halogens is 2. The number of hydrogen-bond donors (Lipinski definition) is 1. The Labute approximate surface area is 108 Å². The lowest BCUT2D eigenvalue weighted by Crippen LogP contribution is -1.99. The van der Waals surface area contributed by atoms with E-state index in [9.17, 15) is 9.18 Å². The van der Waals surface area contributed by atoms with E-state index in [0.717, 1.165) is 12.8 Å². The summed E-state index contributed by atoms with van der Waals surface area (Å²) in [5.74, 6) is -0.643. The maximum atomic E-state index is 13.0. The molecule has 0 aliphatic carbocycles. The van der Waals surface area contributed by atoms with E-state index < -0.39 is 5.97 Å². The van der Waals surface area contributed by atoms with Gasteiger partial charge in [-0.25, -0.2) is 4.39 Å². The molecule has 3 nitrogen and oxygen atoms in total. The molecule has 0 aliphatic rings. The van der Waals surface area contributed by atoms with Crippen molar-refractivity contribution in [1.82, 2.24) is 0 Å². The van der Waals surface area contributed by atoms with E-state index in [1.54, 1.807) is 6.07 Å². The quantitative estimate of drug-likeness (QED) is 0.783. The number of carboxylic acids is 1. The van der Waals surface area contributed by atoms with Crippen molar-refractivity contribution in [1.29, 1.82) is 0 Å². The number of carboxylic acid groups (broad SMARTS) is 1. The molecule has 5 heteroatoms. The fraction of sp³-hybridized carbons (Fsp3) is 0.417. The van der Waals surface area contributed by atoms with Crippen LogP contribution in [0.3, 0.4) is 0 Å². The van der Waals surface area contributed by atoms with E-state index >= 15 is 0 Å². The topological polar surface area (TPSA) is 46.5 Å². The van der Waals surface area contributed by atoms with E-state index in [4.69, 9.17) is 9.84 Å². The van der Waals surface area contributed by atoms with Crippen molar-refractivity contribution in [3.8, 4) is 5.75 Å². The first-order valence-electron chi connectivity index (χ1n) is 5.38. The van der Waals surface area contributed by atoms with Crippen molar-refractivity contribution in [3.05, 3.63) is 28.5 Å². The maximum Gasteiger partial charge on any atom is 0.303 e. The van der Waals surface area contributed by atoms with Crippen molar-refractivity contribution >= 4 is 21.9 Å². The Kier molecular flexibility index (Phi) is 5.97. The second-order valence-corrected chi connectivity index (χ2v) is 4.57. The van der Waals surface area contributed by atoms with Gasteiger partial charge in [0.05, 0.1) is 6.61 Å². The van der Waals surface area contributed by atoms with E-state index in [1.807, 2.05) is 0 Å². The first-order valence-corrected chi connectivity index (χ1v) is 6.18. The molecule has 94 valence electrons. The molecule has 1 rings (SSSR count). The normalized spacial score (nSPS) is 10.2. The average molecular weight is 305 g/mol. The van der Waals surface area contributed by atoms with Crippen molar-refractivity contribution in [3.63, 3.8) is 0 Å². The van der Waals surface area contributed by atoms with Gasteiger partial charge in [-0.3, -0.25) is 4.79 Å². The monoisotopic (exact) mass is 304 g/mol. The van der Waals surface area contributed by atoms with Crippen LogP contribution in [-0.4, -0.2) is 17.7 Å². The number of aliphatic carboxylic acids is 1. The summed E-state index contributed by atoms with van der Waals surface area (Å²) in [6.45, 7) is 0.468. The summed E-state index contributed by atoms with van der Waals surface area (Å²) in [7, 11) is 0. The van der Waals surface area contributed by atoms with Crippen LogP contribution in [0.5, 0.6) is 5.75 Å². The van der Waals surface area contributed by atoms with Crippen LogP contribution >= 0.6 is 15.9 Å². The molecule has 0 aromatic heterocycles. The molecule has 1 N–H and O–H groups in total. The minimum absolute atomic E-state index is 0.186. The molecule has 0 aliphatic heterocycles. The molecule has 0 radical (unpaired) electrons. The molecular weight excluding hydrogens is 291 g/mol. The number of rotatable bonds is 7. The summed E-state index contributed by atoms with van der Waals surface area (Å²) in [5, 5.41) is 8.43. The minimum atomic E-state index is -0.778. The molecule has 0 fully saturated rings. The fourth-order valence-electron chi connectivity index (χ4n) is 1.36. The van der Waals surface area contributed by atoms with Crippen LogP contribution in [0.2, 0.25) is 0 Å². The van der Waals surface area contributed by atoms with Crippen LogP contribution < -0.4 is 4.74 Å². The van der Waals surface area contributed by atoms with E-state index in [0.29, 0.717) is 23.2 Å². The first kappa shape index (κ1) is 14.0. The van der Waals surface area contributed by atoms with Gasteiger partial charge in [0.25, 0.3) is 0 Å². The zero-order valence-electron chi connectivity index (χ0n) is 9.29. The van der Waals surface area contributed by atoms with E-state index in [-0.39, 0.29) is 12.2 Å². The summed E-state index contributed by atoms with van der Waals surface area (Å²) < 4.78 is 19.0. The second kappa shape index (κ2) is 7.27. The van der Waals surface area contributed by atoms with Gasteiger partial charge < -0.3 is 9.84 Å². The lowest BCUT2D eigenvalue weighted by Gasteiger charge is -2.06. The lowest BCUT2D eigenvalue weighted by atomic mass is 10.2. The van der Waals surface area contributed by atoms with Crippen LogP contribution in [0, 0.1) is 5.82 Å². The second-order valence-electron chi connectivity index (χ2n) is 3.66. The molecule has 17 heavy (non-hydrogen) atoms. The highest BCUT2D eigenvalue weighted by Gasteiger charge is 2.00. The Morgan fingerprint density at radius 3 is 2.71 bits per heavy atom. The summed E-state index contributed by atoms with van der Waals surface area (Å²) >= 11 is 3.18. The third-order valence-electron chi connectivity index (χ3n) is 2.14.